The lowest BCUT2D eigenvalue weighted by Crippen LogP contribution is -2.49. The van der Waals surface area contributed by atoms with Gasteiger partial charge in [-0.25, -0.2) is 8.42 Å². The molecule has 0 aliphatic rings. The number of halogens is 2. The van der Waals surface area contributed by atoms with Crippen LogP contribution in [0.4, 0.5) is 5.69 Å². The number of benzene rings is 2. The van der Waals surface area contributed by atoms with E-state index in [9.17, 15) is 13.2 Å². The molecule has 0 spiro atoms. The van der Waals surface area contributed by atoms with Crippen LogP contribution in [0.15, 0.2) is 42.5 Å². The molecule has 0 heterocycles. The van der Waals surface area contributed by atoms with Gasteiger partial charge in [-0.1, -0.05) is 60.0 Å². The zero-order valence-electron chi connectivity index (χ0n) is 16.2. The lowest BCUT2D eigenvalue weighted by atomic mass is 10.1. The fourth-order valence-corrected chi connectivity index (χ4v) is 4.43. The second-order valence-corrected chi connectivity index (χ2v) is 9.40. The van der Waals surface area contributed by atoms with Crippen molar-refractivity contribution >= 4 is 44.8 Å². The third-order valence-corrected chi connectivity index (χ3v) is 6.34. The highest BCUT2D eigenvalue weighted by Gasteiger charge is 2.32. The van der Waals surface area contributed by atoms with E-state index in [4.69, 9.17) is 23.2 Å². The van der Waals surface area contributed by atoms with Crippen LogP contribution >= 0.6 is 23.2 Å². The van der Waals surface area contributed by atoms with Crippen LogP contribution in [0, 0.1) is 6.92 Å². The first kappa shape index (κ1) is 22.5. The van der Waals surface area contributed by atoms with Gasteiger partial charge in [0.2, 0.25) is 15.9 Å². The molecular formula is C20H24Cl2N2O3S. The van der Waals surface area contributed by atoms with Gasteiger partial charge in [0.1, 0.15) is 6.04 Å². The number of sulfonamides is 1. The number of hydrogen-bond donors (Lipinski definition) is 1. The van der Waals surface area contributed by atoms with Gasteiger partial charge in [0.15, 0.2) is 0 Å². The van der Waals surface area contributed by atoms with Crippen LogP contribution in [-0.2, 0) is 14.8 Å². The number of hydrogen-bond acceptors (Lipinski definition) is 3. The van der Waals surface area contributed by atoms with E-state index < -0.39 is 16.1 Å². The van der Waals surface area contributed by atoms with Crippen molar-refractivity contribution in [1.29, 1.82) is 0 Å². The standard InChI is InChI=1S/C20H24Cl2N2O3S/c1-5-19(20(25)23-14(3)15-8-6-13(2)7-9-15)24(28(4,26)27)16-10-11-17(21)18(22)12-16/h6-12,14,19H,5H2,1-4H3,(H,23,25)/t14-,19+/m1/s1. The second-order valence-electron chi connectivity index (χ2n) is 6.72. The summed E-state index contributed by atoms with van der Waals surface area (Å²) in [6, 6.07) is 11.1. The van der Waals surface area contributed by atoms with Crippen LogP contribution < -0.4 is 9.62 Å². The molecule has 8 heteroatoms. The third-order valence-electron chi connectivity index (χ3n) is 4.42. The molecule has 2 aromatic rings. The van der Waals surface area contributed by atoms with Crippen LogP contribution in [0.3, 0.4) is 0 Å². The highest BCUT2D eigenvalue weighted by molar-refractivity contribution is 7.92. The summed E-state index contributed by atoms with van der Waals surface area (Å²) in [5, 5.41) is 3.44. The normalized spacial score (nSPS) is 13.6. The Morgan fingerprint density at radius 1 is 1.11 bits per heavy atom. The van der Waals surface area contributed by atoms with Gasteiger partial charge in [0.05, 0.1) is 28.0 Å². The Bertz CT molecular complexity index is 946. The van der Waals surface area contributed by atoms with Crippen molar-refractivity contribution in [3.8, 4) is 0 Å². The van der Waals surface area contributed by atoms with Gasteiger partial charge in [-0.2, -0.15) is 0 Å². The van der Waals surface area contributed by atoms with Crippen LogP contribution in [-0.4, -0.2) is 26.6 Å². The largest absolute Gasteiger partial charge is 0.348 e. The molecule has 0 unspecified atom stereocenters. The number of aryl methyl sites for hydroxylation is 1. The highest BCUT2D eigenvalue weighted by atomic mass is 35.5. The molecule has 0 radical (unpaired) electrons. The summed E-state index contributed by atoms with van der Waals surface area (Å²) in [6.45, 7) is 5.61. The summed E-state index contributed by atoms with van der Waals surface area (Å²) in [5.41, 5.74) is 2.35. The fraction of sp³-hybridized carbons (Fsp3) is 0.350. The van der Waals surface area contributed by atoms with Crippen molar-refractivity contribution in [2.45, 2.75) is 39.3 Å². The molecule has 28 heavy (non-hydrogen) atoms. The Hall–Kier alpha value is -1.76. The van der Waals surface area contributed by atoms with Crippen molar-refractivity contribution in [1.82, 2.24) is 5.32 Å². The fourth-order valence-electron chi connectivity index (χ4n) is 2.93. The zero-order chi connectivity index (χ0) is 21.1. The first-order valence-electron chi connectivity index (χ1n) is 8.86. The van der Waals surface area contributed by atoms with Crippen molar-refractivity contribution < 1.29 is 13.2 Å². The summed E-state index contributed by atoms with van der Waals surface area (Å²) in [4.78, 5) is 13.0. The van der Waals surface area contributed by atoms with Crippen molar-refractivity contribution in [2.24, 2.45) is 0 Å². The lowest BCUT2D eigenvalue weighted by molar-refractivity contribution is -0.122. The molecule has 1 N–H and O–H groups in total. The Morgan fingerprint density at radius 2 is 1.71 bits per heavy atom. The number of carbonyl (C=O) groups is 1. The summed E-state index contributed by atoms with van der Waals surface area (Å²) >= 11 is 12.0. The Labute approximate surface area is 176 Å². The topological polar surface area (TPSA) is 66.5 Å². The average molecular weight is 443 g/mol. The molecule has 1 amide bonds. The molecule has 0 fully saturated rings. The van der Waals surface area contributed by atoms with Gasteiger partial charge in [-0.15, -0.1) is 0 Å². The van der Waals surface area contributed by atoms with Gasteiger partial charge >= 0.3 is 0 Å². The van der Waals surface area contributed by atoms with E-state index >= 15 is 0 Å². The molecular weight excluding hydrogens is 419 g/mol. The highest BCUT2D eigenvalue weighted by Crippen LogP contribution is 2.30. The number of amides is 1. The average Bonchev–Trinajstić information content (AvgIpc) is 2.61. The Kier molecular flexibility index (Phi) is 7.37. The predicted octanol–water partition coefficient (Wildman–Crippen LogP) is 4.72. The molecule has 152 valence electrons. The van der Waals surface area contributed by atoms with E-state index in [0.717, 1.165) is 21.7 Å². The summed E-state index contributed by atoms with van der Waals surface area (Å²) in [7, 11) is -3.74. The van der Waals surface area contributed by atoms with Crippen LogP contribution in [0.25, 0.3) is 0 Å². The summed E-state index contributed by atoms with van der Waals surface area (Å²) in [5.74, 6) is -0.382. The van der Waals surface area contributed by atoms with E-state index in [1.54, 1.807) is 6.92 Å². The van der Waals surface area contributed by atoms with Gasteiger partial charge in [-0.05, 0) is 44.0 Å². The number of nitrogens with zero attached hydrogens (tertiary/aromatic N) is 1. The van der Waals surface area contributed by atoms with Gasteiger partial charge in [-0.3, -0.25) is 9.10 Å². The van der Waals surface area contributed by atoms with Gasteiger partial charge < -0.3 is 5.32 Å². The number of nitrogens with one attached hydrogen (secondary N) is 1. The summed E-state index contributed by atoms with van der Waals surface area (Å²) < 4.78 is 26.1. The molecule has 0 aliphatic carbocycles. The van der Waals surface area contributed by atoms with Crippen molar-refractivity contribution in [3.63, 3.8) is 0 Å². The minimum Gasteiger partial charge on any atom is -0.348 e. The van der Waals surface area contributed by atoms with E-state index in [1.807, 2.05) is 38.1 Å². The maximum Gasteiger partial charge on any atom is 0.244 e. The lowest BCUT2D eigenvalue weighted by Gasteiger charge is -2.31. The Balaban J connectivity index is 2.33. The van der Waals surface area contributed by atoms with Crippen LogP contribution in [0.5, 0.6) is 0 Å². The smallest absolute Gasteiger partial charge is 0.244 e. The minimum atomic E-state index is -3.74. The maximum absolute atomic E-state index is 13.0. The third kappa shape index (κ3) is 5.40. The zero-order valence-corrected chi connectivity index (χ0v) is 18.6. The SMILES string of the molecule is CC[C@@H](C(=O)N[C@H](C)c1ccc(C)cc1)N(c1ccc(Cl)c(Cl)c1)S(C)(=O)=O. The molecule has 0 aromatic heterocycles. The molecule has 2 aromatic carbocycles. The first-order valence-corrected chi connectivity index (χ1v) is 11.5. The summed E-state index contributed by atoms with van der Waals surface area (Å²) in [6.07, 6.45) is 1.36. The molecule has 2 rings (SSSR count). The van der Waals surface area contributed by atoms with E-state index in [0.29, 0.717) is 17.1 Å². The van der Waals surface area contributed by atoms with Crippen LogP contribution in [0.1, 0.15) is 37.4 Å². The predicted molar refractivity (Wildman–Crippen MR) is 116 cm³/mol. The Morgan fingerprint density at radius 3 is 2.21 bits per heavy atom. The monoisotopic (exact) mass is 442 g/mol. The molecule has 0 bridgehead atoms. The molecule has 5 nitrogen and oxygen atoms in total. The number of rotatable bonds is 7. The number of carbonyl (C=O) groups excluding carboxylic acids is 1. The van der Waals surface area contributed by atoms with E-state index in [1.165, 1.54) is 18.2 Å². The quantitative estimate of drug-likeness (QED) is 0.673. The molecule has 0 saturated heterocycles. The van der Waals surface area contributed by atoms with Crippen molar-refractivity contribution in [2.75, 3.05) is 10.6 Å². The second kappa shape index (κ2) is 9.16. The molecule has 0 aliphatic heterocycles. The van der Waals surface area contributed by atoms with Gasteiger partial charge in [0, 0.05) is 0 Å². The molecule has 0 saturated carbocycles. The maximum atomic E-state index is 13.0. The number of anilines is 1. The first-order chi connectivity index (χ1) is 13.0. The van der Waals surface area contributed by atoms with Gasteiger partial charge in [0.25, 0.3) is 0 Å². The molecule has 2 atom stereocenters. The van der Waals surface area contributed by atoms with E-state index in [-0.39, 0.29) is 17.0 Å². The van der Waals surface area contributed by atoms with Crippen molar-refractivity contribution in [3.05, 3.63) is 63.6 Å². The van der Waals surface area contributed by atoms with Crippen LogP contribution in [0.2, 0.25) is 10.0 Å². The minimum absolute atomic E-state index is 0.219. The van der Waals surface area contributed by atoms with E-state index in [2.05, 4.69) is 5.32 Å².